The lowest BCUT2D eigenvalue weighted by Crippen LogP contribution is -2.28. The molecule has 3 saturated heterocycles. The highest BCUT2D eigenvalue weighted by atomic mass is 31.2. The third-order valence-corrected chi connectivity index (χ3v) is 21.1. The number of carbonyl (C=O) groups is 2. The van der Waals surface area contributed by atoms with Crippen molar-refractivity contribution in [3.05, 3.63) is 38.0 Å². The van der Waals surface area contributed by atoms with E-state index in [4.69, 9.17) is 68.5 Å². The number of imidazole rings is 3. The maximum atomic E-state index is 14.2. The minimum Gasteiger partial charge on any atom is -0.463 e. The number of hydrogen-bond donors (Lipinski definition) is 6. The summed E-state index contributed by atoms with van der Waals surface area (Å²) in [6, 6.07) is 0. The minimum atomic E-state index is -5.12. The molecule has 9 heterocycles. The summed E-state index contributed by atoms with van der Waals surface area (Å²) in [4.78, 5) is 87.6. The number of nitrogens with two attached hydrogens (primary N) is 3. The number of aliphatic hydroxyl groups is 1. The van der Waals surface area contributed by atoms with Gasteiger partial charge in [-0.05, 0) is 12.8 Å². The van der Waals surface area contributed by atoms with Gasteiger partial charge < -0.3 is 65.3 Å². The molecule has 3 fully saturated rings. The van der Waals surface area contributed by atoms with Crippen LogP contribution in [0.3, 0.4) is 0 Å². The lowest BCUT2D eigenvalue weighted by molar-refractivity contribution is -0.159. The van der Waals surface area contributed by atoms with Gasteiger partial charge >= 0.3 is 27.6 Å². The molecular weight excluding hydrogens is 1390 g/mol. The first-order valence-electron chi connectivity index (χ1n) is 37.8. The van der Waals surface area contributed by atoms with Crippen LogP contribution in [0.5, 0.6) is 0 Å². The molecule has 0 saturated carbocycles. The average Bonchev–Trinajstić information content (AvgIpc) is 1.64. The molecule has 9 rings (SSSR count). The maximum absolute atomic E-state index is 14.2. The molecule has 0 radical (unpaired) electrons. The average molecular weight is 1500 g/mol. The fourth-order valence-electron chi connectivity index (χ4n) is 13.4. The van der Waals surface area contributed by atoms with Crippen molar-refractivity contribution in [3.63, 3.8) is 0 Å². The number of rotatable bonds is 53. The summed E-state index contributed by atoms with van der Waals surface area (Å²) >= 11 is 0. The van der Waals surface area contributed by atoms with Gasteiger partial charge in [-0.25, -0.2) is 54.0 Å². The Morgan fingerprint density at radius 2 is 0.837 bits per heavy atom. The number of esters is 2. The number of phosphoric ester groups is 2. The normalized spacial score (nSPS) is 22.1. The zero-order valence-electron chi connectivity index (χ0n) is 60.5. The molecule has 0 bridgehead atoms. The van der Waals surface area contributed by atoms with Gasteiger partial charge in [0, 0.05) is 32.5 Å². The van der Waals surface area contributed by atoms with E-state index < -0.39 is 109 Å². The molecular formula is C69H111N15O18P2. The van der Waals surface area contributed by atoms with Crippen LogP contribution in [0.1, 0.15) is 244 Å². The number of nitrogens with zero attached hydrogens (tertiary/aromatic N) is 12. The van der Waals surface area contributed by atoms with Crippen molar-refractivity contribution < 1.29 is 84.9 Å². The molecule has 3 unspecified atom stereocenters. The largest absolute Gasteiger partial charge is 0.472 e. The predicted octanol–water partition coefficient (Wildman–Crippen LogP) is 11.7. The first-order valence-corrected chi connectivity index (χ1v) is 40.7. The zero-order valence-corrected chi connectivity index (χ0v) is 62.3. The predicted molar refractivity (Wildman–Crippen MR) is 384 cm³/mol. The van der Waals surface area contributed by atoms with Crippen molar-refractivity contribution >= 4 is 78.5 Å². The van der Waals surface area contributed by atoms with E-state index in [-0.39, 0.29) is 96.3 Å². The van der Waals surface area contributed by atoms with Crippen LogP contribution >= 0.6 is 15.6 Å². The summed E-state index contributed by atoms with van der Waals surface area (Å²) in [6.45, 7) is 4.15. The lowest BCUT2D eigenvalue weighted by atomic mass is 10.0. The van der Waals surface area contributed by atoms with Gasteiger partial charge in [-0.2, -0.15) is 0 Å². The van der Waals surface area contributed by atoms with E-state index in [1.165, 1.54) is 199 Å². The topological polar surface area (TPSA) is 439 Å². The number of phosphoric acid groups is 2. The molecule has 104 heavy (non-hydrogen) atoms. The molecule has 6 aromatic heterocycles. The second kappa shape index (κ2) is 43.1. The number of aromatic nitrogens is 12. The fraction of sp³-hybridized carbons (Fsp3) is 0.754. The standard InChI is InChI=1S/C69H111N15O18P2/c1-3-5-7-9-11-13-15-17-19-21-23-25-27-29-33-92-39-52(93-34-30-28-26-24-22-20-18-16-14-12-10-8-6-4-2)40-94-56(86)31-32-57(87)100-53-36-50(98-67(53)82-46-79-58-61(70)73-43-76-64(58)82)41-95-104(90,91)102-55-37-51(99-69(55)84-48-81-60-63(72)75-45-78-66(60)84)42-96-103(88,89)101-54-35-49(38-85)97-68(54)83-47-80-59-62(71)74-44-77-65(59)83/h43-55,67-69,85H,3-42H2,1-2H3,(H,88,89)(H,90,91)(H2,70,73,76)(H2,71,74,77)(H2,72,75,78)/t49-,50-,51-,52?,53+,54+,55+,67+,68+,69+/m0/s1. The molecule has 3 aliphatic heterocycles. The Balaban J connectivity index is 0.759. The van der Waals surface area contributed by atoms with Crippen molar-refractivity contribution in [2.24, 2.45) is 0 Å². The van der Waals surface area contributed by atoms with E-state index in [9.17, 15) is 33.6 Å². The molecule has 12 atom stereocenters. The Bertz CT molecular complexity index is 3630. The van der Waals surface area contributed by atoms with Gasteiger partial charge in [-0.3, -0.25) is 41.4 Å². The van der Waals surface area contributed by atoms with E-state index in [2.05, 4.69) is 58.7 Å². The Kier molecular flexibility index (Phi) is 34.0. The summed E-state index contributed by atoms with van der Waals surface area (Å²) in [6.07, 6.45) is 31.2. The Morgan fingerprint density at radius 1 is 0.481 bits per heavy atom. The zero-order chi connectivity index (χ0) is 73.5. The molecule has 0 amide bonds. The van der Waals surface area contributed by atoms with Crippen LogP contribution < -0.4 is 17.2 Å². The number of aliphatic hydroxyl groups excluding tert-OH is 1. The van der Waals surface area contributed by atoms with E-state index in [0.29, 0.717) is 13.2 Å². The van der Waals surface area contributed by atoms with Gasteiger partial charge in [0.1, 0.15) is 66.6 Å². The number of unbranched alkanes of at least 4 members (excludes halogenated alkanes) is 26. The Labute approximate surface area is 608 Å². The smallest absolute Gasteiger partial charge is 0.463 e. The molecule has 580 valence electrons. The highest BCUT2D eigenvalue weighted by Crippen LogP contribution is 2.53. The summed E-state index contributed by atoms with van der Waals surface area (Å²) in [7, 11) is -10.1. The third kappa shape index (κ3) is 25.6. The van der Waals surface area contributed by atoms with Crippen molar-refractivity contribution in [1.29, 1.82) is 0 Å². The maximum Gasteiger partial charge on any atom is 0.472 e. The molecule has 0 aromatic carbocycles. The SMILES string of the molecule is CCCCCCCCCCCCCCCCOCC(COC(=O)CCC(=O)O[C@@H]1C[C@@H](COP(=O)(O)O[C@@H]2C[C@@H](COP(=O)(O)O[C@@H]3C[C@@H](CO)O[C@H]3n3cnc4c(N)ncnc43)O[C@H]2n2cnc3c(N)ncnc32)O[C@H]1n1cnc2c(N)ncnc21)OCCCCCCCCCCCCCCCC. The number of carbonyl (C=O) groups excluding carboxylic acids is 2. The second-order valence-electron chi connectivity index (χ2n) is 27.4. The Hall–Kier alpha value is -6.03. The van der Waals surface area contributed by atoms with Crippen LogP contribution in [-0.4, -0.2) is 174 Å². The van der Waals surface area contributed by atoms with Crippen molar-refractivity contribution in [2.45, 2.75) is 287 Å². The second-order valence-corrected chi connectivity index (χ2v) is 30.2. The number of nitrogen functional groups attached to an aromatic ring is 3. The van der Waals surface area contributed by atoms with Crippen LogP contribution in [0.2, 0.25) is 0 Å². The summed E-state index contributed by atoms with van der Waals surface area (Å²) in [5.74, 6) is -1.20. The van der Waals surface area contributed by atoms with E-state index in [1.807, 2.05) is 0 Å². The Morgan fingerprint density at radius 3 is 1.25 bits per heavy atom. The number of fused-ring (bicyclic) bond motifs is 3. The van der Waals surface area contributed by atoms with Crippen LogP contribution in [0, 0.1) is 0 Å². The van der Waals surface area contributed by atoms with Gasteiger partial charge in [0.05, 0.1) is 76.6 Å². The number of anilines is 3. The molecule has 35 heteroatoms. The summed E-state index contributed by atoms with van der Waals surface area (Å²) in [5, 5.41) is 10.0. The first-order chi connectivity index (χ1) is 50.5. The van der Waals surface area contributed by atoms with Crippen molar-refractivity contribution in [3.8, 4) is 0 Å². The van der Waals surface area contributed by atoms with Gasteiger partial charge in [-0.1, -0.05) is 181 Å². The van der Waals surface area contributed by atoms with Crippen molar-refractivity contribution in [1.82, 2.24) is 58.6 Å². The van der Waals surface area contributed by atoms with E-state index in [1.54, 1.807) is 0 Å². The third-order valence-electron chi connectivity index (χ3n) is 19.1. The summed E-state index contributed by atoms with van der Waals surface area (Å²) in [5.41, 5.74) is 19.6. The molecule has 33 nitrogen and oxygen atoms in total. The quantitative estimate of drug-likeness (QED) is 0.0117. The van der Waals surface area contributed by atoms with Crippen LogP contribution in [0.15, 0.2) is 38.0 Å². The summed E-state index contributed by atoms with van der Waals surface area (Å²) < 4.78 is 97.6. The number of ether oxygens (including phenoxy) is 7. The highest BCUT2D eigenvalue weighted by Gasteiger charge is 2.47. The van der Waals surface area contributed by atoms with Gasteiger partial charge in [0.15, 0.2) is 53.1 Å². The lowest BCUT2D eigenvalue weighted by Gasteiger charge is -2.23. The van der Waals surface area contributed by atoms with Crippen LogP contribution in [-0.2, 0) is 70.0 Å². The van der Waals surface area contributed by atoms with Gasteiger partial charge in [0.25, 0.3) is 0 Å². The molecule has 0 aliphatic carbocycles. The minimum absolute atomic E-state index is 0.0261. The molecule has 0 spiro atoms. The number of hydrogen-bond acceptors (Lipinski definition) is 28. The van der Waals surface area contributed by atoms with Crippen molar-refractivity contribution in [2.75, 3.05) is 63.4 Å². The van der Waals surface area contributed by atoms with Gasteiger partial charge in [0.2, 0.25) is 0 Å². The van der Waals surface area contributed by atoms with Gasteiger partial charge in [-0.15, -0.1) is 0 Å². The molecule has 3 aliphatic rings. The molecule has 9 N–H and O–H groups in total. The highest BCUT2D eigenvalue weighted by molar-refractivity contribution is 7.47. The van der Waals surface area contributed by atoms with Crippen LogP contribution in [0.25, 0.3) is 33.5 Å². The first kappa shape index (κ1) is 82.0. The van der Waals surface area contributed by atoms with E-state index in [0.717, 1.165) is 32.1 Å². The van der Waals surface area contributed by atoms with Crippen LogP contribution in [0.4, 0.5) is 17.5 Å². The fourth-order valence-corrected chi connectivity index (χ4v) is 15.3. The monoisotopic (exact) mass is 1500 g/mol. The van der Waals surface area contributed by atoms with E-state index >= 15 is 0 Å². The molecule has 6 aromatic rings.